The maximum Gasteiger partial charge on any atom is 1.00 e. The number of hydrogen-bond donors (Lipinski definition) is 1. The van der Waals surface area contributed by atoms with Crippen LogP contribution in [0.25, 0.3) is 11.1 Å². The van der Waals surface area contributed by atoms with E-state index in [9.17, 15) is 5.11 Å². The van der Waals surface area contributed by atoms with Crippen LogP contribution in [0, 0.1) is 0 Å². The van der Waals surface area contributed by atoms with E-state index in [-0.39, 0.29) is 24.9 Å². The Kier molecular flexibility index (Phi) is 3.84. The first-order valence-electron chi connectivity index (χ1n) is 6.15. The van der Waals surface area contributed by atoms with Crippen molar-refractivity contribution in [2.75, 3.05) is 0 Å². The number of nitrogens with one attached hydrogen (secondary N) is 1. The molecule has 0 aliphatic heterocycles. The molecule has 3 rings (SSSR count). The Morgan fingerprint density at radius 3 is 2.53 bits per heavy atom. The van der Waals surface area contributed by atoms with Crippen LogP contribution in [0.1, 0.15) is 25.0 Å². The van der Waals surface area contributed by atoms with Gasteiger partial charge in [-0.1, -0.05) is 38.1 Å². The molecule has 19 heavy (non-hydrogen) atoms. The van der Waals surface area contributed by atoms with Crippen molar-refractivity contribution in [3.8, 4) is 11.1 Å². The van der Waals surface area contributed by atoms with Crippen molar-refractivity contribution in [2.24, 2.45) is 0 Å². The van der Waals surface area contributed by atoms with Gasteiger partial charge in [0.2, 0.25) is 0 Å². The molecule has 4 heteroatoms. The second-order valence-electron chi connectivity index (χ2n) is 4.95. The van der Waals surface area contributed by atoms with Gasteiger partial charge in [-0.25, -0.2) is 0 Å². The predicted molar refractivity (Wildman–Crippen MR) is 68.7 cm³/mol. The van der Waals surface area contributed by atoms with Gasteiger partial charge < -0.3 is 10.4 Å². The number of pyridine rings is 1. The molecule has 0 spiro atoms. The molecule has 1 aromatic carbocycles. The molecule has 0 bridgehead atoms. The third-order valence-electron chi connectivity index (χ3n) is 3.29. The van der Waals surface area contributed by atoms with Crippen molar-refractivity contribution >= 4 is 0 Å². The van der Waals surface area contributed by atoms with Gasteiger partial charge in [0.05, 0.1) is 0 Å². The molecule has 1 N–H and O–H groups in total. The van der Waals surface area contributed by atoms with E-state index < -0.39 is 5.72 Å². The minimum atomic E-state index is -1.36. The number of benzene rings is 1. The molecular formula is C15H15LiN2O. The minimum absolute atomic E-state index is 0. The summed E-state index contributed by atoms with van der Waals surface area (Å²) in [6, 6.07) is 9.69. The van der Waals surface area contributed by atoms with E-state index in [1.165, 1.54) is 0 Å². The monoisotopic (exact) mass is 246 g/mol. The van der Waals surface area contributed by atoms with Crippen LogP contribution in [0.15, 0.2) is 42.7 Å². The molecule has 0 amide bonds. The van der Waals surface area contributed by atoms with Crippen LogP contribution < -0.4 is 29.3 Å². The van der Waals surface area contributed by atoms with Gasteiger partial charge in [-0.3, -0.25) is 4.98 Å². The van der Waals surface area contributed by atoms with Crippen LogP contribution in [0.2, 0.25) is 0 Å². The van der Waals surface area contributed by atoms with Crippen molar-refractivity contribution in [3.05, 3.63) is 53.9 Å². The van der Waals surface area contributed by atoms with Crippen molar-refractivity contribution in [1.82, 2.24) is 10.3 Å². The van der Waals surface area contributed by atoms with Gasteiger partial charge in [-0.15, -0.1) is 0 Å². The molecule has 1 aliphatic rings. The van der Waals surface area contributed by atoms with Crippen LogP contribution in [-0.4, -0.2) is 11.0 Å². The van der Waals surface area contributed by atoms with Crippen molar-refractivity contribution in [3.63, 3.8) is 0 Å². The smallest absolute Gasteiger partial charge is 0.831 e. The maximum absolute atomic E-state index is 13.2. The molecule has 0 saturated heterocycles. The fourth-order valence-corrected chi connectivity index (χ4v) is 2.65. The summed E-state index contributed by atoms with van der Waals surface area (Å²) in [6.45, 7) is 3.98. The molecule has 1 unspecified atom stereocenters. The third-order valence-corrected chi connectivity index (χ3v) is 3.29. The second kappa shape index (κ2) is 5.11. The minimum Gasteiger partial charge on any atom is -0.831 e. The average molecular weight is 246 g/mol. The number of rotatable bonds is 2. The van der Waals surface area contributed by atoms with E-state index in [2.05, 4.69) is 10.3 Å². The van der Waals surface area contributed by atoms with E-state index in [1.807, 2.05) is 44.2 Å². The van der Waals surface area contributed by atoms with E-state index in [0.717, 1.165) is 22.3 Å². The second-order valence-corrected chi connectivity index (χ2v) is 4.95. The molecule has 1 atom stereocenters. The van der Waals surface area contributed by atoms with Gasteiger partial charge in [0.1, 0.15) is 0 Å². The zero-order valence-corrected chi connectivity index (χ0v) is 11.5. The molecule has 0 radical (unpaired) electrons. The fraction of sp³-hybridized carbons (Fsp3) is 0.267. The van der Waals surface area contributed by atoms with Gasteiger partial charge in [0.15, 0.2) is 0 Å². The Morgan fingerprint density at radius 2 is 1.79 bits per heavy atom. The van der Waals surface area contributed by atoms with Gasteiger partial charge in [-0.2, -0.15) is 0 Å². The molecule has 2 aromatic rings. The van der Waals surface area contributed by atoms with Crippen LogP contribution in [0.3, 0.4) is 0 Å². The molecule has 0 saturated carbocycles. The van der Waals surface area contributed by atoms with Crippen LogP contribution in [0.4, 0.5) is 0 Å². The van der Waals surface area contributed by atoms with Gasteiger partial charge in [0, 0.05) is 24.0 Å². The van der Waals surface area contributed by atoms with Crippen LogP contribution >= 0.6 is 0 Å². The summed E-state index contributed by atoms with van der Waals surface area (Å²) < 4.78 is 0. The number of aromatic nitrogens is 1. The maximum atomic E-state index is 13.2. The first kappa shape index (κ1) is 14.3. The normalized spacial score (nSPS) is 19.8. The summed E-state index contributed by atoms with van der Waals surface area (Å²) in [5, 5.41) is 16.4. The first-order valence-corrected chi connectivity index (χ1v) is 6.15. The molecular weight excluding hydrogens is 231 g/mol. The zero-order chi connectivity index (χ0) is 12.8. The zero-order valence-electron chi connectivity index (χ0n) is 11.5. The molecule has 3 nitrogen and oxygen atoms in total. The van der Waals surface area contributed by atoms with Crippen molar-refractivity contribution in [2.45, 2.75) is 25.6 Å². The van der Waals surface area contributed by atoms with E-state index in [0.29, 0.717) is 0 Å². The van der Waals surface area contributed by atoms with Gasteiger partial charge in [0.25, 0.3) is 0 Å². The van der Waals surface area contributed by atoms with Gasteiger partial charge >= 0.3 is 18.9 Å². The summed E-state index contributed by atoms with van der Waals surface area (Å²) in [6.07, 6.45) is 3.45. The molecule has 1 heterocycles. The van der Waals surface area contributed by atoms with Crippen LogP contribution in [-0.2, 0) is 5.72 Å². The average Bonchev–Trinajstić information content (AvgIpc) is 2.61. The number of hydrogen-bond acceptors (Lipinski definition) is 3. The first-order chi connectivity index (χ1) is 8.63. The predicted octanol–water partition coefficient (Wildman–Crippen LogP) is -1.37. The Hall–Kier alpha value is -1.11. The SMILES string of the molecule is CC(C)NC1([O-])c2ccccc2-c2cnccc21.[Li+]. The van der Waals surface area contributed by atoms with E-state index in [4.69, 9.17) is 0 Å². The quantitative estimate of drug-likeness (QED) is 0.525. The summed E-state index contributed by atoms with van der Waals surface area (Å²) in [7, 11) is 0. The topological polar surface area (TPSA) is 48.0 Å². The summed E-state index contributed by atoms with van der Waals surface area (Å²) >= 11 is 0. The largest absolute Gasteiger partial charge is 1.00 e. The molecule has 1 aromatic heterocycles. The number of nitrogens with zero attached hydrogens (tertiary/aromatic N) is 1. The fourth-order valence-electron chi connectivity index (χ4n) is 2.65. The van der Waals surface area contributed by atoms with E-state index in [1.54, 1.807) is 12.4 Å². The van der Waals surface area contributed by atoms with Crippen molar-refractivity contribution in [1.29, 1.82) is 0 Å². The molecule has 1 aliphatic carbocycles. The Bertz CT molecular complexity index is 553. The van der Waals surface area contributed by atoms with Gasteiger partial charge in [-0.05, 0) is 28.5 Å². The Balaban J connectivity index is 0.00000133. The van der Waals surface area contributed by atoms with E-state index >= 15 is 0 Å². The Morgan fingerprint density at radius 1 is 1.11 bits per heavy atom. The van der Waals surface area contributed by atoms with Crippen LogP contribution in [0.5, 0.6) is 0 Å². The Labute approximate surface area is 125 Å². The van der Waals surface area contributed by atoms with Crippen molar-refractivity contribution < 1.29 is 24.0 Å². The third kappa shape index (κ3) is 2.13. The summed E-state index contributed by atoms with van der Waals surface area (Å²) in [5.74, 6) is 0. The standard InChI is InChI=1S/C15H15N2O.Li/c1-10(2)17-15(18)13-6-4-3-5-11(13)12-9-16-8-7-14(12)15;/h3-10,17H,1-2H3;/q-1;+1. The number of fused-ring (bicyclic) bond motifs is 3. The summed E-state index contributed by atoms with van der Waals surface area (Å²) in [5.41, 5.74) is 2.14. The molecule has 92 valence electrons. The molecule has 0 fully saturated rings. The summed E-state index contributed by atoms with van der Waals surface area (Å²) in [4.78, 5) is 4.13.